The monoisotopic (exact) mass is 109 g/mol. The Bertz CT molecular complexity index is 23.6. The van der Waals surface area contributed by atoms with Crippen molar-refractivity contribution >= 4 is 6.41 Å². The number of rotatable bonds is 1. The number of amides is 1. The first-order valence-corrected chi connectivity index (χ1v) is 0.954. The van der Waals surface area contributed by atoms with Crippen molar-refractivity contribution in [3.8, 4) is 0 Å². The Hall–Kier alpha value is 0.0544. The van der Waals surface area contributed by atoms with Gasteiger partial charge in [0.2, 0.25) is 0 Å². The molecular formula is C2H4NOV-. The maximum absolute atomic E-state index is 8.94. The summed E-state index contributed by atoms with van der Waals surface area (Å²) in [6.07, 6.45) is 1.43. The van der Waals surface area contributed by atoms with Gasteiger partial charge in [0.15, 0.2) is 0 Å². The van der Waals surface area contributed by atoms with Crippen molar-refractivity contribution in [1.82, 2.24) is 5.32 Å². The minimum absolute atomic E-state index is 0. The molecular weight excluding hydrogens is 105 g/mol. The Morgan fingerprint density at radius 1 is 1.80 bits per heavy atom. The van der Waals surface area contributed by atoms with Crippen LogP contribution in [0, 0.1) is 0 Å². The van der Waals surface area contributed by atoms with Gasteiger partial charge in [0, 0.05) is 18.6 Å². The molecule has 0 atom stereocenters. The van der Waals surface area contributed by atoms with Gasteiger partial charge in [-0.15, -0.1) is 0 Å². The molecule has 5 heavy (non-hydrogen) atoms. The molecule has 0 rings (SSSR count). The van der Waals surface area contributed by atoms with Crippen LogP contribution in [0.15, 0.2) is 0 Å². The molecule has 0 fully saturated rings. The van der Waals surface area contributed by atoms with Crippen molar-refractivity contribution in [2.24, 2.45) is 0 Å². The van der Waals surface area contributed by atoms with Crippen LogP contribution in [-0.2, 0) is 23.4 Å². The van der Waals surface area contributed by atoms with E-state index in [1.165, 1.54) is 13.5 Å². The van der Waals surface area contributed by atoms with Gasteiger partial charge in [-0.05, 0) is 7.05 Å². The standard InChI is InChI=1S/C2H4NO.V/c1-3-2-4;/h1H3,(H,3,4);/q-1;. The summed E-state index contributed by atoms with van der Waals surface area (Å²) in [5.41, 5.74) is 0. The molecule has 0 aliphatic carbocycles. The van der Waals surface area contributed by atoms with Crippen molar-refractivity contribution in [2.75, 3.05) is 7.05 Å². The van der Waals surface area contributed by atoms with E-state index in [1.807, 2.05) is 0 Å². The summed E-state index contributed by atoms with van der Waals surface area (Å²) in [6, 6.07) is 0. The van der Waals surface area contributed by atoms with Gasteiger partial charge >= 0.3 is 0 Å². The number of hydrogen-bond acceptors (Lipinski definition) is 1. The predicted molar refractivity (Wildman–Crippen MR) is 14.8 cm³/mol. The second kappa shape index (κ2) is 8.96. The van der Waals surface area contributed by atoms with Crippen molar-refractivity contribution in [3.63, 3.8) is 0 Å². The van der Waals surface area contributed by atoms with Crippen LogP contribution in [0.2, 0.25) is 0 Å². The fourth-order valence-corrected chi connectivity index (χ4v) is 0. The number of nitrogens with one attached hydrogen (secondary N) is 1. The molecule has 2 nitrogen and oxygen atoms in total. The molecule has 0 aliphatic rings. The molecule has 29 valence electrons. The summed E-state index contributed by atoms with van der Waals surface area (Å²) in [5.74, 6) is 0. The van der Waals surface area contributed by atoms with E-state index >= 15 is 0 Å². The van der Waals surface area contributed by atoms with Crippen molar-refractivity contribution in [2.45, 2.75) is 0 Å². The van der Waals surface area contributed by atoms with Gasteiger partial charge in [0.25, 0.3) is 0 Å². The molecule has 0 heterocycles. The van der Waals surface area contributed by atoms with E-state index in [9.17, 15) is 0 Å². The summed E-state index contributed by atoms with van der Waals surface area (Å²) in [5, 5.41) is 2.12. The van der Waals surface area contributed by atoms with E-state index in [0.717, 1.165) is 0 Å². The fourth-order valence-electron chi connectivity index (χ4n) is 0. The molecule has 0 aromatic rings. The van der Waals surface area contributed by atoms with Gasteiger partial charge in [-0.2, -0.15) is 6.41 Å². The summed E-state index contributed by atoms with van der Waals surface area (Å²) in [6.45, 7) is 0. The Labute approximate surface area is 42.8 Å². The van der Waals surface area contributed by atoms with Gasteiger partial charge < -0.3 is 10.1 Å². The Morgan fingerprint density at radius 3 is 2.00 bits per heavy atom. The van der Waals surface area contributed by atoms with Gasteiger partial charge in [-0.3, -0.25) is 0 Å². The normalized spacial score (nSPS) is 4.20. The third-order valence-electron chi connectivity index (χ3n) is 0.102. The summed E-state index contributed by atoms with van der Waals surface area (Å²) in [4.78, 5) is 8.94. The topological polar surface area (TPSA) is 29.1 Å². The van der Waals surface area contributed by atoms with E-state index < -0.39 is 0 Å². The minimum Gasteiger partial charge on any atom is -0.532 e. The molecule has 0 saturated heterocycles. The van der Waals surface area contributed by atoms with Crippen LogP contribution >= 0.6 is 0 Å². The van der Waals surface area contributed by atoms with E-state index in [0.29, 0.717) is 0 Å². The Balaban J connectivity index is 0. The molecule has 0 aromatic carbocycles. The number of carbonyl (C=O) groups excluding carboxylic acids is 1. The third-order valence-corrected chi connectivity index (χ3v) is 0.102. The Kier molecular flexibility index (Phi) is 16.0. The third kappa shape index (κ3) is 15.4. The number of hydrogen-bond donors (Lipinski definition) is 1. The zero-order chi connectivity index (χ0) is 3.41. The van der Waals surface area contributed by atoms with Crippen LogP contribution in [-0.4, -0.2) is 13.5 Å². The maximum atomic E-state index is 8.94. The first-order valence-electron chi connectivity index (χ1n) is 0.954. The van der Waals surface area contributed by atoms with Crippen LogP contribution in [0.3, 0.4) is 0 Å². The van der Waals surface area contributed by atoms with E-state index in [1.54, 1.807) is 0 Å². The van der Waals surface area contributed by atoms with Crippen LogP contribution in [0.5, 0.6) is 0 Å². The molecule has 0 aromatic heterocycles. The average Bonchev–Trinajstić information content (AvgIpc) is 1.37. The van der Waals surface area contributed by atoms with Crippen LogP contribution in [0.4, 0.5) is 0 Å². The average molecular weight is 109 g/mol. The predicted octanol–water partition coefficient (Wildman–Crippen LogP) is -0.730. The molecule has 1 N–H and O–H groups in total. The zero-order valence-electron chi connectivity index (χ0n) is 2.86. The smallest absolute Gasteiger partial charge is 0 e. The van der Waals surface area contributed by atoms with Crippen molar-refractivity contribution < 1.29 is 23.4 Å². The zero-order valence-corrected chi connectivity index (χ0v) is 4.25. The molecule has 0 unspecified atom stereocenters. The second-order valence-electron chi connectivity index (χ2n) is 0.352. The molecule has 0 saturated carbocycles. The quantitative estimate of drug-likeness (QED) is 0.349. The summed E-state index contributed by atoms with van der Waals surface area (Å²) in [7, 11) is 1.51. The minimum atomic E-state index is 0. The van der Waals surface area contributed by atoms with E-state index in [2.05, 4.69) is 5.32 Å². The summed E-state index contributed by atoms with van der Waals surface area (Å²) < 4.78 is 0. The van der Waals surface area contributed by atoms with E-state index in [4.69, 9.17) is 4.79 Å². The maximum Gasteiger partial charge on any atom is 0 e. The molecule has 3 heteroatoms. The molecule has 0 aliphatic heterocycles. The SMILES string of the molecule is CN[C-]=O.[V]. The van der Waals surface area contributed by atoms with Crippen molar-refractivity contribution in [1.29, 1.82) is 0 Å². The van der Waals surface area contributed by atoms with Crippen molar-refractivity contribution in [3.05, 3.63) is 0 Å². The second-order valence-corrected chi connectivity index (χ2v) is 0.352. The molecule has 0 spiro atoms. The Morgan fingerprint density at radius 2 is 2.00 bits per heavy atom. The van der Waals surface area contributed by atoms with Crippen LogP contribution in [0.25, 0.3) is 0 Å². The van der Waals surface area contributed by atoms with Gasteiger partial charge in [0.1, 0.15) is 0 Å². The fraction of sp³-hybridized carbons (Fsp3) is 0.500. The van der Waals surface area contributed by atoms with Crippen LogP contribution in [0.1, 0.15) is 0 Å². The largest absolute Gasteiger partial charge is 0.532 e. The van der Waals surface area contributed by atoms with Gasteiger partial charge in [-0.1, -0.05) is 0 Å². The molecule has 1 radical (unpaired) electrons. The molecule has 1 amide bonds. The van der Waals surface area contributed by atoms with Gasteiger partial charge in [-0.25, -0.2) is 0 Å². The first-order chi connectivity index (χ1) is 1.91. The first kappa shape index (κ1) is 8.91. The van der Waals surface area contributed by atoms with Crippen LogP contribution < -0.4 is 5.32 Å². The molecule has 0 bridgehead atoms. The van der Waals surface area contributed by atoms with Gasteiger partial charge in [0.05, 0.1) is 0 Å². The summed E-state index contributed by atoms with van der Waals surface area (Å²) >= 11 is 0. The van der Waals surface area contributed by atoms with E-state index in [-0.39, 0.29) is 18.6 Å².